The van der Waals surface area contributed by atoms with Crippen molar-refractivity contribution in [3.63, 3.8) is 0 Å². The molecule has 0 aromatic heterocycles. The molecule has 0 aromatic rings. The lowest BCUT2D eigenvalue weighted by Crippen LogP contribution is -2.52. The standard InChI is InChI=1S/C15H30N2O3/c1-15(2,3)9-12-8-13(16-6-5-7-18)11-17(10-12)14(19)20-4/h12-13,16,18H,5-11H2,1-4H3. The molecule has 0 aliphatic carbocycles. The summed E-state index contributed by atoms with van der Waals surface area (Å²) in [5.41, 5.74) is 0.263. The zero-order valence-electron chi connectivity index (χ0n) is 13.3. The van der Waals surface area contributed by atoms with E-state index < -0.39 is 0 Å². The number of rotatable bonds is 5. The fourth-order valence-electron chi connectivity index (χ4n) is 3.03. The highest BCUT2D eigenvalue weighted by molar-refractivity contribution is 5.67. The average Bonchev–Trinajstić information content (AvgIpc) is 2.36. The van der Waals surface area contributed by atoms with Gasteiger partial charge >= 0.3 is 6.09 Å². The number of nitrogens with one attached hydrogen (secondary N) is 1. The molecule has 5 nitrogen and oxygen atoms in total. The topological polar surface area (TPSA) is 61.8 Å². The van der Waals surface area contributed by atoms with E-state index in [1.807, 2.05) is 0 Å². The molecule has 1 heterocycles. The Morgan fingerprint density at radius 2 is 2.10 bits per heavy atom. The molecular formula is C15H30N2O3. The molecular weight excluding hydrogens is 256 g/mol. The number of hydrogen-bond acceptors (Lipinski definition) is 4. The number of amides is 1. The summed E-state index contributed by atoms with van der Waals surface area (Å²) in [5, 5.41) is 12.3. The van der Waals surface area contributed by atoms with Crippen molar-refractivity contribution in [3.05, 3.63) is 0 Å². The van der Waals surface area contributed by atoms with Gasteiger partial charge in [0.1, 0.15) is 0 Å². The predicted octanol–water partition coefficient (Wildman–Crippen LogP) is 1.85. The maximum Gasteiger partial charge on any atom is 0.409 e. The van der Waals surface area contributed by atoms with Crippen LogP contribution in [-0.4, -0.2) is 55.5 Å². The van der Waals surface area contributed by atoms with Gasteiger partial charge in [-0.15, -0.1) is 0 Å². The highest BCUT2D eigenvalue weighted by Crippen LogP contribution is 2.30. The van der Waals surface area contributed by atoms with Crippen LogP contribution in [0.5, 0.6) is 0 Å². The van der Waals surface area contributed by atoms with E-state index in [-0.39, 0.29) is 18.1 Å². The number of likely N-dealkylation sites (tertiary alicyclic amines) is 1. The van der Waals surface area contributed by atoms with Gasteiger partial charge in [-0.2, -0.15) is 0 Å². The van der Waals surface area contributed by atoms with Crippen LogP contribution in [0.2, 0.25) is 0 Å². The molecule has 1 rings (SSSR count). The molecule has 2 unspecified atom stereocenters. The van der Waals surface area contributed by atoms with Crippen molar-refractivity contribution in [1.29, 1.82) is 0 Å². The summed E-state index contributed by atoms with van der Waals surface area (Å²) >= 11 is 0. The Kier molecular flexibility index (Phi) is 6.76. The quantitative estimate of drug-likeness (QED) is 0.757. The first kappa shape index (κ1) is 17.2. The Labute approximate surface area is 122 Å². The van der Waals surface area contributed by atoms with Crippen molar-refractivity contribution >= 4 is 6.09 Å². The zero-order valence-corrected chi connectivity index (χ0v) is 13.3. The van der Waals surface area contributed by atoms with Crippen LogP contribution in [0.15, 0.2) is 0 Å². The third-order valence-corrected chi connectivity index (χ3v) is 3.64. The van der Waals surface area contributed by atoms with Gasteiger partial charge in [-0.25, -0.2) is 4.79 Å². The lowest BCUT2D eigenvalue weighted by atomic mass is 9.80. The molecule has 118 valence electrons. The van der Waals surface area contributed by atoms with Crippen LogP contribution in [0.25, 0.3) is 0 Å². The average molecular weight is 286 g/mol. The minimum Gasteiger partial charge on any atom is -0.453 e. The second-order valence-electron chi connectivity index (χ2n) is 6.97. The molecule has 0 bridgehead atoms. The second-order valence-corrected chi connectivity index (χ2v) is 6.97. The number of carbonyl (C=O) groups is 1. The van der Waals surface area contributed by atoms with Gasteiger partial charge in [-0.3, -0.25) is 0 Å². The monoisotopic (exact) mass is 286 g/mol. The molecule has 0 spiro atoms. The summed E-state index contributed by atoms with van der Waals surface area (Å²) in [5.74, 6) is 0.495. The van der Waals surface area contributed by atoms with Gasteiger partial charge in [0, 0.05) is 25.7 Å². The first-order chi connectivity index (χ1) is 9.35. The first-order valence-corrected chi connectivity index (χ1v) is 7.53. The fourth-order valence-corrected chi connectivity index (χ4v) is 3.03. The number of methoxy groups -OCH3 is 1. The van der Waals surface area contributed by atoms with Gasteiger partial charge in [0.15, 0.2) is 0 Å². The number of hydrogen-bond donors (Lipinski definition) is 2. The summed E-state index contributed by atoms with van der Waals surface area (Å²) in [6.45, 7) is 9.17. The van der Waals surface area contributed by atoms with Crippen LogP contribution in [-0.2, 0) is 4.74 Å². The van der Waals surface area contributed by atoms with E-state index in [1.165, 1.54) is 7.11 Å². The Balaban J connectivity index is 2.59. The van der Waals surface area contributed by atoms with Crippen LogP contribution >= 0.6 is 0 Å². The van der Waals surface area contributed by atoms with Crippen LogP contribution in [0, 0.1) is 11.3 Å². The number of aliphatic hydroxyl groups excluding tert-OH is 1. The van der Waals surface area contributed by atoms with Crippen LogP contribution in [0.3, 0.4) is 0 Å². The Morgan fingerprint density at radius 1 is 1.40 bits per heavy atom. The molecule has 1 fully saturated rings. The van der Waals surface area contributed by atoms with Crippen molar-refractivity contribution in [2.24, 2.45) is 11.3 Å². The third-order valence-electron chi connectivity index (χ3n) is 3.64. The van der Waals surface area contributed by atoms with E-state index in [0.717, 1.165) is 32.4 Å². The molecule has 0 radical (unpaired) electrons. The molecule has 1 amide bonds. The lowest BCUT2D eigenvalue weighted by molar-refractivity contribution is 0.0805. The van der Waals surface area contributed by atoms with Crippen molar-refractivity contribution < 1.29 is 14.6 Å². The van der Waals surface area contributed by atoms with Gasteiger partial charge in [-0.1, -0.05) is 20.8 Å². The fraction of sp³-hybridized carbons (Fsp3) is 0.933. The summed E-state index contributed by atoms with van der Waals surface area (Å²) in [6.07, 6.45) is 2.69. The molecule has 1 saturated heterocycles. The summed E-state index contributed by atoms with van der Waals surface area (Å²) in [7, 11) is 1.43. The molecule has 2 N–H and O–H groups in total. The maximum atomic E-state index is 11.8. The molecule has 0 aromatic carbocycles. The number of nitrogens with zero attached hydrogens (tertiary/aromatic N) is 1. The van der Waals surface area contributed by atoms with Crippen molar-refractivity contribution in [3.8, 4) is 0 Å². The van der Waals surface area contributed by atoms with Crippen molar-refractivity contribution in [1.82, 2.24) is 10.2 Å². The van der Waals surface area contributed by atoms with Crippen molar-refractivity contribution in [2.75, 3.05) is 33.4 Å². The Morgan fingerprint density at radius 3 is 2.65 bits per heavy atom. The first-order valence-electron chi connectivity index (χ1n) is 7.53. The van der Waals surface area contributed by atoms with E-state index >= 15 is 0 Å². The number of carbonyl (C=O) groups excluding carboxylic acids is 1. The Bertz CT molecular complexity index is 302. The predicted molar refractivity (Wildman–Crippen MR) is 79.7 cm³/mol. The Hall–Kier alpha value is -0.810. The van der Waals surface area contributed by atoms with Gasteiger partial charge in [0.05, 0.1) is 7.11 Å². The molecule has 1 aliphatic rings. The third kappa shape index (κ3) is 6.09. The zero-order chi connectivity index (χ0) is 15.2. The van der Waals surface area contributed by atoms with Gasteiger partial charge in [0.25, 0.3) is 0 Å². The minimum atomic E-state index is -0.238. The van der Waals surface area contributed by atoms with E-state index in [4.69, 9.17) is 9.84 Å². The highest BCUT2D eigenvalue weighted by atomic mass is 16.5. The van der Waals surface area contributed by atoms with E-state index in [0.29, 0.717) is 18.5 Å². The summed E-state index contributed by atoms with van der Waals surface area (Å²) in [4.78, 5) is 13.6. The van der Waals surface area contributed by atoms with Crippen LogP contribution in [0.4, 0.5) is 4.79 Å². The molecule has 1 aliphatic heterocycles. The van der Waals surface area contributed by atoms with Crippen molar-refractivity contribution in [2.45, 2.75) is 46.1 Å². The van der Waals surface area contributed by atoms with Gasteiger partial charge < -0.3 is 20.1 Å². The molecule has 5 heteroatoms. The van der Waals surface area contributed by atoms with E-state index in [9.17, 15) is 4.79 Å². The lowest BCUT2D eigenvalue weighted by Gasteiger charge is -2.39. The largest absolute Gasteiger partial charge is 0.453 e. The number of aliphatic hydroxyl groups is 1. The van der Waals surface area contributed by atoms with Gasteiger partial charge in [0.2, 0.25) is 0 Å². The minimum absolute atomic E-state index is 0.200. The van der Waals surface area contributed by atoms with E-state index in [1.54, 1.807) is 4.90 Å². The van der Waals surface area contributed by atoms with Crippen LogP contribution < -0.4 is 5.32 Å². The molecule has 20 heavy (non-hydrogen) atoms. The van der Waals surface area contributed by atoms with Crippen LogP contribution in [0.1, 0.15) is 40.0 Å². The normalized spacial score (nSPS) is 23.8. The van der Waals surface area contributed by atoms with Gasteiger partial charge in [-0.05, 0) is 37.1 Å². The summed E-state index contributed by atoms with van der Waals surface area (Å²) < 4.78 is 4.86. The molecule has 2 atom stereocenters. The second kappa shape index (κ2) is 7.84. The number of ether oxygens (including phenoxy) is 1. The maximum absolute atomic E-state index is 11.8. The SMILES string of the molecule is COC(=O)N1CC(CC(C)(C)C)CC(NCCCO)C1. The number of piperidine rings is 1. The summed E-state index contributed by atoms with van der Waals surface area (Å²) in [6, 6.07) is 0.293. The highest BCUT2D eigenvalue weighted by Gasteiger charge is 2.32. The molecule has 0 saturated carbocycles. The smallest absolute Gasteiger partial charge is 0.409 e. The van der Waals surface area contributed by atoms with E-state index in [2.05, 4.69) is 26.1 Å².